The molecule has 0 unspecified atom stereocenters. The standard InChI is InChI=1S/C25H23ClN4O3/c1-32-23-22(7-17(26)11-29-23)33-19-4-5-28-21(8-19)15-2-3-20-16(6-15)12-30(24(20)31)18-9-25(10-18)13-27-14-25/h2-8,11,18,27H,9-10,12-14H2,1H3. The molecule has 0 atom stereocenters. The van der Waals surface area contributed by atoms with E-state index in [2.05, 4.69) is 21.4 Å². The number of ether oxygens (including phenoxy) is 2. The molecule has 1 spiro atoms. The third-order valence-corrected chi connectivity index (χ3v) is 7.16. The smallest absolute Gasteiger partial charge is 0.257 e. The number of benzene rings is 1. The van der Waals surface area contributed by atoms with E-state index < -0.39 is 0 Å². The number of nitrogens with zero attached hydrogens (tertiary/aromatic N) is 3. The summed E-state index contributed by atoms with van der Waals surface area (Å²) < 4.78 is 11.2. The van der Waals surface area contributed by atoms with E-state index in [9.17, 15) is 4.79 Å². The number of aromatic nitrogens is 2. The molecule has 1 saturated heterocycles. The monoisotopic (exact) mass is 462 g/mol. The van der Waals surface area contributed by atoms with Gasteiger partial charge in [-0.05, 0) is 42.0 Å². The molecule has 2 aromatic heterocycles. The SMILES string of the molecule is COc1ncc(Cl)cc1Oc1ccnc(-c2ccc3c(c2)CN(C2CC4(CNC4)C2)C3=O)c1. The number of rotatable bonds is 5. The van der Waals surface area contributed by atoms with Crippen LogP contribution in [0, 0.1) is 5.41 Å². The van der Waals surface area contributed by atoms with Crippen LogP contribution >= 0.6 is 11.6 Å². The normalized spacial score (nSPS) is 18.6. The molecule has 4 heterocycles. The Morgan fingerprint density at radius 3 is 2.76 bits per heavy atom. The van der Waals surface area contributed by atoms with Crippen molar-refractivity contribution in [2.45, 2.75) is 25.4 Å². The third-order valence-electron chi connectivity index (χ3n) is 6.95. The molecule has 1 aliphatic carbocycles. The second kappa shape index (κ2) is 7.71. The van der Waals surface area contributed by atoms with Crippen LogP contribution in [0.2, 0.25) is 5.02 Å². The number of fused-ring (bicyclic) bond motifs is 1. The van der Waals surface area contributed by atoms with Crippen LogP contribution in [0.15, 0.2) is 48.8 Å². The van der Waals surface area contributed by atoms with E-state index in [1.165, 1.54) is 13.3 Å². The molecular weight excluding hydrogens is 440 g/mol. The maximum atomic E-state index is 13.0. The van der Waals surface area contributed by atoms with E-state index in [0.717, 1.165) is 48.3 Å². The maximum Gasteiger partial charge on any atom is 0.257 e. The lowest BCUT2D eigenvalue weighted by Gasteiger charge is -2.56. The van der Waals surface area contributed by atoms with Crippen LogP contribution in [-0.2, 0) is 6.54 Å². The second-order valence-corrected chi connectivity index (χ2v) is 9.55. The van der Waals surface area contributed by atoms with Crippen LogP contribution in [0.4, 0.5) is 0 Å². The summed E-state index contributed by atoms with van der Waals surface area (Å²) in [5.41, 5.74) is 4.00. The zero-order chi connectivity index (χ0) is 22.6. The minimum atomic E-state index is 0.147. The highest BCUT2D eigenvalue weighted by atomic mass is 35.5. The summed E-state index contributed by atoms with van der Waals surface area (Å²) in [5, 5.41) is 3.82. The van der Waals surface area contributed by atoms with Crippen molar-refractivity contribution >= 4 is 17.5 Å². The molecule has 33 heavy (non-hydrogen) atoms. The van der Waals surface area contributed by atoms with Gasteiger partial charge in [-0.2, -0.15) is 0 Å². The van der Waals surface area contributed by atoms with Crippen molar-refractivity contribution < 1.29 is 14.3 Å². The van der Waals surface area contributed by atoms with Crippen LogP contribution in [0.3, 0.4) is 0 Å². The van der Waals surface area contributed by atoms with Crippen molar-refractivity contribution in [3.8, 4) is 28.6 Å². The largest absolute Gasteiger partial charge is 0.478 e. The van der Waals surface area contributed by atoms with Gasteiger partial charge in [-0.1, -0.05) is 17.7 Å². The first-order chi connectivity index (χ1) is 16.0. The van der Waals surface area contributed by atoms with E-state index in [1.807, 2.05) is 23.1 Å². The summed E-state index contributed by atoms with van der Waals surface area (Å²) in [7, 11) is 1.53. The zero-order valence-corrected chi connectivity index (χ0v) is 18.9. The number of hydrogen-bond acceptors (Lipinski definition) is 6. The molecule has 3 aliphatic rings. The van der Waals surface area contributed by atoms with Crippen molar-refractivity contribution in [2.24, 2.45) is 5.41 Å². The fraction of sp³-hybridized carbons (Fsp3) is 0.320. The molecule has 1 N–H and O–H groups in total. The second-order valence-electron chi connectivity index (χ2n) is 9.11. The predicted octanol–water partition coefficient (Wildman–Crippen LogP) is 4.31. The molecule has 3 aromatic rings. The lowest BCUT2D eigenvalue weighted by Crippen LogP contribution is -2.65. The molecule has 6 rings (SSSR count). The molecule has 1 amide bonds. The average Bonchev–Trinajstić information content (AvgIpc) is 3.08. The Balaban J connectivity index is 1.22. The number of amides is 1. The number of halogens is 1. The lowest BCUT2D eigenvalue weighted by atomic mass is 9.61. The molecular formula is C25H23ClN4O3. The van der Waals surface area contributed by atoms with E-state index in [0.29, 0.717) is 40.4 Å². The summed E-state index contributed by atoms with van der Waals surface area (Å²) in [4.78, 5) is 23.7. The third kappa shape index (κ3) is 3.52. The topological polar surface area (TPSA) is 76.6 Å². The highest BCUT2D eigenvalue weighted by molar-refractivity contribution is 6.30. The van der Waals surface area contributed by atoms with Gasteiger partial charge in [0.2, 0.25) is 0 Å². The first kappa shape index (κ1) is 20.4. The minimum absolute atomic E-state index is 0.147. The number of carbonyl (C=O) groups is 1. The molecule has 2 fully saturated rings. The van der Waals surface area contributed by atoms with Crippen molar-refractivity contribution in [3.63, 3.8) is 0 Å². The van der Waals surface area contributed by atoms with Gasteiger partial charge in [-0.15, -0.1) is 0 Å². The first-order valence-corrected chi connectivity index (χ1v) is 11.4. The van der Waals surface area contributed by atoms with Gasteiger partial charge in [0.15, 0.2) is 5.75 Å². The number of pyridine rings is 2. The Labute approximate surface area is 196 Å². The highest BCUT2D eigenvalue weighted by Gasteiger charge is 2.52. The fourth-order valence-electron chi connectivity index (χ4n) is 5.12. The molecule has 0 bridgehead atoms. The van der Waals surface area contributed by atoms with Crippen LogP contribution < -0.4 is 14.8 Å². The van der Waals surface area contributed by atoms with Gasteiger partial charge in [0.05, 0.1) is 17.8 Å². The van der Waals surface area contributed by atoms with Gasteiger partial charge < -0.3 is 19.7 Å². The Morgan fingerprint density at radius 2 is 2.00 bits per heavy atom. The predicted molar refractivity (Wildman–Crippen MR) is 124 cm³/mol. The van der Waals surface area contributed by atoms with Gasteiger partial charge in [0.25, 0.3) is 11.8 Å². The lowest BCUT2D eigenvalue weighted by molar-refractivity contribution is -0.0268. The van der Waals surface area contributed by atoms with Gasteiger partial charge in [-0.25, -0.2) is 4.98 Å². The summed E-state index contributed by atoms with van der Waals surface area (Å²) in [5.74, 6) is 1.52. The summed E-state index contributed by atoms with van der Waals surface area (Å²) >= 11 is 6.06. The van der Waals surface area contributed by atoms with Gasteiger partial charge >= 0.3 is 0 Å². The molecule has 0 radical (unpaired) electrons. The Morgan fingerprint density at radius 1 is 1.15 bits per heavy atom. The fourth-order valence-corrected chi connectivity index (χ4v) is 5.27. The molecule has 168 valence electrons. The van der Waals surface area contributed by atoms with Crippen molar-refractivity contribution in [1.82, 2.24) is 20.2 Å². The zero-order valence-electron chi connectivity index (χ0n) is 18.2. The van der Waals surface area contributed by atoms with Crippen molar-refractivity contribution in [3.05, 3.63) is 64.9 Å². The Kier molecular flexibility index (Phi) is 4.78. The van der Waals surface area contributed by atoms with Crippen LogP contribution in [0.1, 0.15) is 28.8 Å². The van der Waals surface area contributed by atoms with Crippen molar-refractivity contribution in [2.75, 3.05) is 20.2 Å². The van der Waals surface area contributed by atoms with E-state index in [4.69, 9.17) is 21.1 Å². The average molecular weight is 463 g/mol. The summed E-state index contributed by atoms with van der Waals surface area (Å²) in [6, 6.07) is 11.6. The number of methoxy groups -OCH3 is 1. The Hall–Kier alpha value is -3.16. The highest BCUT2D eigenvalue weighted by Crippen LogP contribution is 2.48. The quantitative estimate of drug-likeness (QED) is 0.609. The van der Waals surface area contributed by atoms with Crippen LogP contribution in [0.25, 0.3) is 11.3 Å². The maximum absolute atomic E-state index is 13.0. The molecule has 1 aromatic carbocycles. The van der Waals surface area contributed by atoms with Gasteiger partial charge in [-0.3, -0.25) is 9.78 Å². The van der Waals surface area contributed by atoms with E-state index in [1.54, 1.807) is 18.3 Å². The van der Waals surface area contributed by atoms with Gasteiger partial charge in [0, 0.05) is 61.3 Å². The molecule has 2 aliphatic heterocycles. The minimum Gasteiger partial charge on any atom is -0.478 e. The van der Waals surface area contributed by atoms with Crippen LogP contribution in [-0.4, -0.2) is 47.0 Å². The van der Waals surface area contributed by atoms with Crippen molar-refractivity contribution in [1.29, 1.82) is 0 Å². The number of carbonyl (C=O) groups excluding carboxylic acids is 1. The van der Waals surface area contributed by atoms with Gasteiger partial charge in [0.1, 0.15) is 5.75 Å². The van der Waals surface area contributed by atoms with E-state index in [-0.39, 0.29) is 5.91 Å². The first-order valence-electron chi connectivity index (χ1n) is 11.0. The molecule has 8 heteroatoms. The summed E-state index contributed by atoms with van der Waals surface area (Å²) in [6.45, 7) is 2.84. The molecule has 1 saturated carbocycles. The van der Waals surface area contributed by atoms with Crippen LogP contribution in [0.5, 0.6) is 17.4 Å². The number of hydrogen-bond donors (Lipinski definition) is 1. The molecule has 7 nitrogen and oxygen atoms in total. The summed E-state index contributed by atoms with van der Waals surface area (Å²) in [6.07, 6.45) is 5.41. The number of nitrogens with one attached hydrogen (secondary N) is 1. The Bertz CT molecular complexity index is 1250. The van der Waals surface area contributed by atoms with E-state index >= 15 is 0 Å².